The summed E-state index contributed by atoms with van der Waals surface area (Å²) in [6.07, 6.45) is 0.584. The van der Waals surface area contributed by atoms with Crippen LogP contribution in [0, 0.1) is 5.41 Å². The van der Waals surface area contributed by atoms with E-state index in [4.69, 9.17) is 23.2 Å². The van der Waals surface area contributed by atoms with Gasteiger partial charge in [-0.25, -0.2) is 8.42 Å². The van der Waals surface area contributed by atoms with Crippen molar-refractivity contribution in [2.24, 2.45) is 5.41 Å². The molecule has 2 aliphatic heterocycles. The molecule has 3 aromatic rings. The van der Waals surface area contributed by atoms with Crippen LogP contribution in [0.4, 0.5) is 0 Å². The van der Waals surface area contributed by atoms with Crippen molar-refractivity contribution in [1.82, 2.24) is 19.8 Å². The summed E-state index contributed by atoms with van der Waals surface area (Å²) in [6, 6.07) is 11.3. The summed E-state index contributed by atoms with van der Waals surface area (Å²) in [5, 5.41) is 4.20. The summed E-state index contributed by atoms with van der Waals surface area (Å²) in [5.41, 5.74) is -0.559. The van der Waals surface area contributed by atoms with E-state index in [0.717, 1.165) is 10.1 Å². The molecule has 0 radical (unpaired) electrons. The Hall–Kier alpha value is -2.70. The minimum absolute atomic E-state index is 0.0446. The first kappa shape index (κ1) is 30.7. The van der Waals surface area contributed by atoms with Gasteiger partial charge in [-0.15, -0.1) is 11.3 Å². The van der Waals surface area contributed by atoms with Gasteiger partial charge in [0.2, 0.25) is 21.8 Å². The van der Waals surface area contributed by atoms with E-state index in [-0.39, 0.29) is 46.3 Å². The third kappa shape index (κ3) is 6.03. The number of carbonyl (C=O) groups is 3. The maximum atomic E-state index is 13.8. The number of amides is 3. The van der Waals surface area contributed by atoms with E-state index in [0.29, 0.717) is 22.9 Å². The molecule has 0 spiro atoms. The Balaban J connectivity index is 1.24. The number of benzene rings is 2. The zero-order chi connectivity index (χ0) is 30.6. The zero-order valence-electron chi connectivity index (χ0n) is 23.6. The predicted molar refractivity (Wildman–Crippen MR) is 164 cm³/mol. The van der Waals surface area contributed by atoms with E-state index in [1.54, 1.807) is 9.80 Å². The Kier molecular flexibility index (Phi) is 8.36. The van der Waals surface area contributed by atoms with E-state index in [1.165, 1.54) is 36.5 Å². The van der Waals surface area contributed by atoms with E-state index < -0.39 is 27.5 Å². The summed E-state index contributed by atoms with van der Waals surface area (Å²) < 4.78 is 29.2. The monoisotopic (exact) mass is 650 g/mol. The van der Waals surface area contributed by atoms with Crippen LogP contribution in [0.5, 0.6) is 0 Å². The van der Waals surface area contributed by atoms with Crippen molar-refractivity contribution in [2.45, 2.75) is 63.2 Å². The first-order chi connectivity index (χ1) is 19.7. The van der Waals surface area contributed by atoms with Gasteiger partial charge in [-0.3, -0.25) is 14.4 Å². The van der Waals surface area contributed by atoms with Crippen LogP contribution in [0.2, 0.25) is 10.0 Å². The number of carbonyl (C=O) groups excluding carboxylic acids is 3. The van der Waals surface area contributed by atoms with Crippen LogP contribution in [0.25, 0.3) is 10.1 Å². The number of rotatable bonds is 7. The molecule has 2 saturated heterocycles. The molecule has 9 nitrogen and oxygen atoms in total. The van der Waals surface area contributed by atoms with Gasteiger partial charge >= 0.3 is 0 Å². The van der Waals surface area contributed by atoms with E-state index in [1.807, 2.05) is 51.1 Å². The third-order valence-corrected chi connectivity index (χ3v) is 11.1. The Morgan fingerprint density at radius 1 is 0.976 bits per heavy atom. The molecular weight excluding hydrogens is 619 g/mol. The molecule has 2 fully saturated rings. The van der Waals surface area contributed by atoms with Gasteiger partial charge in [-0.05, 0) is 54.5 Å². The van der Waals surface area contributed by atoms with Gasteiger partial charge < -0.3 is 15.1 Å². The number of hydrogen-bond donors (Lipinski definition) is 2. The fraction of sp³-hybridized carbons (Fsp3) is 0.414. The number of piperazine rings is 1. The van der Waals surface area contributed by atoms with Crippen LogP contribution < -0.4 is 10.0 Å². The van der Waals surface area contributed by atoms with E-state index in [9.17, 15) is 22.8 Å². The Bertz CT molecular complexity index is 1640. The van der Waals surface area contributed by atoms with Crippen LogP contribution in [0.1, 0.15) is 43.8 Å². The first-order valence-corrected chi connectivity index (χ1v) is 16.6. The topological polar surface area (TPSA) is 116 Å². The number of nitrogens with zero attached hydrogens (tertiary/aromatic N) is 2. The molecule has 0 saturated carbocycles. The molecule has 1 aromatic heterocycles. The number of sulfonamides is 1. The fourth-order valence-electron chi connectivity index (χ4n) is 5.61. The number of thiophene rings is 1. The number of nitrogens with one attached hydrogen (secondary N) is 2. The minimum atomic E-state index is -4.08. The molecule has 0 aliphatic carbocycles. The van der Waals surface area contributed by atoms with Crippen LogP contribution in [0.15, 0.2) is 53.4 Å². The second-order valence-electron chi connectivity index (χ2n) is 11.9. The Morgan fingerprint density at radius 3 is 2.21 bits per heavy atom. The standard InChI is InChI=1S/C29H32Cl2N4O5S2/c1-16(33-42(39,40)24-10-9-18(30)12-21(24)31)27(37)34-14-20-13-19(34)15-35(20)28(38)25(29(2,3)4)32-26(36)23-11-17-7-5-6-8-22(17)41-23/h5-12,16,19-20,25,33H,13-15H2,1-4H3,(H,32,36)/t16-,19-,20-,25?/m0/s1. The van der Waals surface area contributed by atoms with Crippen LogP contribution >= 0.6 is 34.5 Å². The SMILES string of the molecule is C[C@H](NS(=O)(=O)c1ccc(Cl)cc1Cl)C(=O)N1C[C@@H]2C[C@H]1CN2C(=O)C(NC(=O)c1cc2ccccc2s1)C(C)(C)C. The van der Waals surface area contributed by atoms with Crippen molar-refractivity contribution >= 4 is 72.4 Å². The number of hydrogen-bond acceptors (Lipinski definition) is 6. The molecule has 42 heavy (non-hydrogen) atoms. The number of halogens is 2. The van der Waals surface area contributed by atoms with Gasteiger partial charge in [0, 0.05) is 22.8 Å². The lowest BCUT2D eigenvalue weighted by atomic mass is 9.85. The summed E-state index contributed by atoms with van der Waals surface area (Å²) in [6.45, 7) is 7.80. The normalized spacial score (nSPS) is 20.1. The van der Waals surface area contributed by atoms with Crippen molar-refractivity contribution < 1.29 is 22.8 Å². The highest BCUT2D eigenvalue weighted by atomic mass is 35.5. The number of fused-ring (bicyclic) bond motifs is 3. The number of likely N-dealkylation sites (tertiary alicyclic amines) is 2. The van der Waals surface area contributed by atoms with Gasteiger partial charge in [0.1, 0.15) is 10.9 Å². The van der Waals surface area contributed by atoms with Crippen molar-refractivity contribution in [1.29, 1.82) is 0 Å². The van der Waals surface area contributed by atoms with Crippen LogP contribution in [-0.4, -0.2) is 73.2 Å². The van der Waals surface area contributed by atoms with Gasteiger partial charge in [0.05, 0.1) is 28.0 Å². The summed E-state index contributed by atoms with van der Waals surface area (Å²) in [7, 11) is -4.08. The van der Waals surface area contributed by atoms with Crippen LogP contribution in [-0.2, 0) is 19.6 Å². The van der Waals surface area contributed by atoms with Gasteiger partial charge in [-0.1, -0.05) is 62.2 Å². The molecule has 1 unspecified atom stereocenters. The first-order valence-electron chi connectivity index (χ1n) is 13.5. The summed E-state index contributed by atoms with van der Waals surface area (Å²) >= 11 is 13.3. The van der Waals surface area contributed by atoms with Crippen molar-refractivity contribution in [2.75, 3.05) is 13.1 Å². The molecule has 4 atom stereocenters. The van der Waals surface area contributed by atoms with Crippen molar-refractivity contribution in [3.8, 4) is 0 Å². The lowest BCUT2D eigenvalue weighted by molar-refractivity contribution is -0.143. The second-order valence-corrected chi connectivity index (χ2v) is 15.5. The van der Waals surface area contributed by atoms with E-state index in [2.05, 4.69) is 10.0 Å². The van der Waals surface area contributed by atoms with Gasteiger partial charge in [0.25, 0.3) is 5.91 Å². The average Bonchev–Trinajstić information content (AvgIpc) is 3.64. The zero-order valence-corrected chi connectivity index (χ0v) is 26.7. The maximum absolute atomic E-state index is 13.8. The highest BCUT2D eigenvalue weighted by Crippen LogP contribution is 2.34. The lowest BCUT2D eigenvalue weighted by Gasteiger charge is -2.39. The highest BCUT2D eigenvalue weighted by molar-refractivity contribution is 7.89. The Labute approximate surface area is 259 Å². The largest absolute Gasteiger partial charge is 0.339 e. The van der Waals surface area contributed by atoms with Crippen molar-refractivity contribution in [3.63, 3.8) is 0 Å². The lowest BCUT2D eigenvalue weighted by Crippen LogP contribution is -2.60. The molecule has 224 valence electrons. The molecular formula is C29H32Cl2N4O5S2. The summed E-state index contributed by atoms with van der Waals surface area (Å²) in [5.74, 6) is -0.871. The molecule has 2 N–H and O–H groups in total. The highest BCUT2D eigenvalue weighted by Gasteiger charge is 2.50. The van der Waals surface area contributed by atoms with Gasteiger partial charge in [-0.2, -0.15) is 4.72 Å². The van der Waals surface area contributed by atoms with Crippen molar-refractivity contribution in [3.05, 3.63) is 63.5 Å². The van der Waals surface area contributed by atoms with Crippen LogP contribution in [0.3, 0.4) is 0 Å². The Morgan fingerprint density at radius 2 is 1.62 bits per heavy atom. The smallest absolute Gasteiger partial charge is 0.262 e. The molecule has 13 heteroatoms. The third-order valence-electron chi connectivity index (χ3n) is 7.73. The van der Waals surface area contributed by atoms with Gasteiger partial charge in [0.15, 0.2) is 0 Å². The molecule has 3 heterocycles. The quantitative estimate of drug-likeness (QED) is 0.390. The predicted octanol–water partition coefficient (Wildman–Crippen LogP) is 4.53. The molecule has 2 aliphatic rings. The molecule has 2 bridgehead atoms. The minimum Gasteiger partial charge on any atom is -0.339 e. The molecule has 5 rings (SSSR count). The summed E-state index contributed by atoms with van der Waals surface area (Å²) in [4.78, 5) is 44.1. The second kappa shape index (κ2) is 11.4. The molecule has 2 aromatic carbocycles. The average molecular weight is 652 g/mol. The maximum Gasteiger partial charge on any atom is 0.262 e. The van der Waals surface area contributed by atoms with E-state index >= 15 is 0 Å². The molecule has 3 amide bonds. The fourth-order valence-corrected chi connectivity index (χ4v) is 8.54.